The summed E-state index contributed by atoms with van der Waals surface area (Å²) in [5.41, 5.74) is -0.247. The molecule has 0 amide bonds. The number of carboxylic acid groups (broad SMARTS) is 1. The highest BCUT2D eigenvalue weighted by atomic mass is 79.9. The summed E-state index contributed by atoms with van der Waals surface area (Å²) in [6.07, 6.45) is 2.55. The molecule has 2 rings (SSSR count). The molecule has 1 aromatic rings. The van der Waals surface area contributed by atoms with Crippen molar-refractivity contribution in [3.63, 3.8) is 0 Å². The normalized spacial score (nSPS) is 25.9. The van der Waals surface area contributed by atoms with Crippen molar-refractivity contribution in [3.05, 3.63) is 28.7 Å². The van der Waals surface area contributed by atoms with E-state index < -0.39 is 11.5 Å². The summed E-state index contributed by atoms with van der Waals surface area (Å²) in [6.45, 7) is 4.06. The van der Waals surface area contributed by atoms with Gasteiger partial charge in [0.25, 0.3) is 0 Å². The monoisotopic (exact) mass is 311 g/mol. The van der Waals surface area contributed by atoms with Gasteiger partial charge in [-0.2, -0.15) is 0 Å². The number of hydrogen-bond acceptors (Lipinski definition) is 2. The fourth-order valence-corrected chi connectivity index (χ4v) is 3.07. The van der Waals surface area contributed by atoms with Crippen molar-refractivity contribution in [2.24, 2.45) is 5.41 Å². The summed E-state index contributed by atoms with van der Waals surface area (Å²) >= 11 is 3.38. The lowest BCUT2D eigenvalue weighted by Crippen LogP contribution is -2.53. The first-order valence-electron chi connectivity index (χ1n) is 6.15. The SMILES string of the molecule is CC1(C)CCCC1(Nc1ccc(Br)cc1)C(=O)O. The Kier molecular flexibility index (Phi) is 3.41. The van der Waals surface area contributed by atoms with Crippen molar-refractivity contribution in [1.82, 2.24) is 0 Å². The molecule has 1 aromatic carbocycles. The van der Waals surface area contributed by atoms with Gasteiger partial charge in [-0.25, -0.2) is 4.79 Å². The molecule has 1 saturated carbocycles. The molecule has 98 valence electrons. The van der Waals surface area contributed by atoms with Crippen molar-refractivity contribution < 1.29 is 9.90 Å². The summed E-state index contributed by atoms with van der Waals surface area (Å²) in [4.78, 5) is 11.7. The highest BCUT2D eigenvalue weighted by molar-refractivity contribution is 9.10. The minimum absolute atomic E-state index is 0.244. The van der Waals surface area contributed by atoms with Crippen LogP contribution in [0.15, 0.2) is 28.7 Å². The summed E-state index contributed by atoms with van der Waals surface area (Å²) in [5.74, 6) is -0.757. The minimum atomic E-state index is -0.860. The van der Waals surface area contributed by atoms with E-state index in [0.717, 1.165) is 23.0 Å². The molecule has 0 bridgehead atoms. The minimum Gasteiger partial charge on any atom is -0.479 e. The van der Waals surface area contributed by atoms with Gasteiger partial charge >= 0.3 is 5.97 Å². The van der Waals surface area contributed by atoms with Gasteiger partial charge in [-0.3, -0.25) is 0 Å². The second-order valence-electron chi connectivity index (χ2n) is 5.58. The van der Waals surface area contributed by atoms with E-state index in [1.165, 1.54) is 0 Å². The Morgan fingerprint density at radius 1 is 1.28 bits per heavy atom. The van der Waals surface area contributed by atoms with Crippen LogP contribution in [0.3, 0.4) is 0 Å². The Hall–Kier alpha value is -1.03. The number of halogens is 1. The fourth-order valence-electron chi connectivity index (χ4n) is 2.81. The zero-order valence-electron chi connectivity index (χ0n) is 10.7. The molecule has 1 aliphatic rings. The van der Waals surface area contributed by atoms with E-state index in [1.54, 1.807) is 0 Å². The molecular formula is C14H18BrNO2. The Balaban J connectivity index is 2.33. The van der Waals surface area contributed by atoms with Gasteiger partial charge in [0.1, 0.15) is 5.54 Å². The molecule has 1 atom stereocenters. The summed E-state index contributed by atoms with van der Waals surface area (Å²) in [7, 11) is 0. The first kappa shape index (κ1) is 13.4. The summed E-state index contributed by atoms with van der Waals surface area (Å²) in [6, 6.07) is 7.64. The maximum Gasteiger partial charge on any atom is 0.329 e. The zero-order chi connectivity index (χ0) is 13.4. The Morgan fingerprint density at radius 3 is 2.33 bits per heavy atom. The summed E-state index contributed by atoms with van der Waals surface area (Å²) in [5, 5.41) is 12.9. The predicted molar refractivity (Wildman–Crippen MR) is 75.8 cm³/mol. The third-order valence-corrected chi connectivity index (χ3v) is 4.60. The van der Waals surface area contributed by atoms with Crippen LogP contribution >= 0.6 is 15.9 Å². The van der Waals surface area contributed by atoms with Gasteiger partial charge in [-0.05, 0) is 48.9 Å². The van der Waals surface area contributed by atoms with Gasteiger partial charge in [-0.15, -0.1) is 0 Å². The van der Waals surface area contributed by atoms with E-state index in [0.29, 0.717) is 6.42 Å². The standard InChI is InChI=1S/C14H18BrNO2/c1-13(2)8-3-9-14(13,12(17)18)16-11-6-4-10(15)5-7-11/h4-7,16H,3,8-9H2,1-2H3,(H,17,18). The topological polar surface area (TPSA) is 49.3 Å². The van der Waals surface area contributed by atoms with E-state index in [4.69, 9.17) is 0 Å². The van der Waals surface area contributed by atoms with Gasteiger partial charge in [-0.1, -0.05) is 29.8 Å². The lowest BCUT2D eigenvalue weighted by molar-refractivity contribution is -0.145. The van der Waals surface area contributed by atoms with Crippen LogP contribution in [-0.4, -0.2) is 16.6 Å². The molecule has 0 heterocycles. The van der Waals surface area contributed by atoms with Gasteiger partial charge in [0.05, 0.1) is 0 Å². The molecule has 1 fully saturated rings. The Bertz CT molecular complexity index is 455. The van der Waals surface area contributed by atoms with Crippen LogP contribution in [0.4, 0.5) is 5.69 Å². The first-order chi connectivity index (χ1) is 8.37. The van der Waals surface area contributed by atoms with E-state index in [-0.39, 0.29) is 5.41 Å². The number of anilines is 1. The van der Waals surface area contributed by atoms with Gasteiger partial charge in [0.2, 0.25) is 0 Å². The van der Waals surface area contributed by atoms with Gasteiger partial charge < -0.3 is 10.4 Å². The van der Waals surface area contributed by atoms with Gasteiger partial charge in [0, 0.05) is 10.2 Å². The zero-order valence-corrected chi connectivity index (χ0v) is 12.3. The lowest BCUT2D eigenvalue weighted by Gasteiger charge is -2.39. The molecule has 1 unspecified atom stereocenters. The second kappa shape index (κ2) is 4.57. The third-order valence-electron chi connectivity index (χ3n) is 4.08. The molecule has 0 spiro atoms. The largest absolute Gasteiger partial charge is 0.479 e. The molecule has 2 N–H and O–H groups in total. The molecule has 3 nitrogen and oxygen atoms in total. The number of aliphatic carboxylic acids is 1. The Morgan fingerprint density at radius 2 is 1.89 bits per heavy atom. The van der Waals surface area contributed by atoms with E-state index in [2.05, 4.69) is 21.2 Å². The van der Waals surface area contributed by atoms with Gasteiger partial charge in [0.15, 0.2) is 0 Å². The van der Waals surface area contributed by atoms with E-state index >= 15 is 0 Å². The van der Waals surface area contributed by atoms with Crippen LogP contribution in [0, 0.1) is 5.41 Å². The van der Waals surface area contributed by atoms with Crippen LogP contribution in [0.2, 0.25) is 0 Å². The number of hydrogen-bond donors (Lipinski definition) is 2. The molecule has 0 saturated heterocycles. The number of benzene rings is 1. The fraction of sp³-hybridized carbons (Fsp3) is 0.500. The smallest absolute Gasteiger partial charge is 0.329 e. The number of rotatable bonds is 3. The molecular weight excluding hydrogens is 294 g/mol. The molecule has 0 aromatic heterocycles. The molecule has 18 heavy (non-hydrogen) atoms. The van der Waals surface area contributed by atoms with Crippen molar-refractivity contribution in [2.75, 3.05) is 5.32 Å². The highest BCUT2D eigenvalue weighted by Crippen LogP contribution is 2.48. The van der Waals surface area contributed by atoms with Crippen molar-refractivity contribution in [1.29, 1.82) is 0 Å². The third kappa shape index (κ3) is 2.14. The van der Waals surface area contributed by atoms with Crippen LogP contribution in [0.1, 0.15) is 33.1 Å². The summed E-state index contributed by atoms with van der Waals surface area (Å²) < 4.78 is 0.989. The number of nitrogens with one attached hydrogen (secondary N) is 1. The van der Waals surface area contributed by atoms with E-state index in [9.17, 15) is 9.90 Å². The lowest BCUT2D eigenvalue weighted by atomic mass is 9.74. The first-order valence-corrected chi connectivity index (χ1v) is 6.94. The maximum atomic E-state index is 11.7. The molecule has 4 heteroatoms. The maximum absolute atomic E-state index is 11.7. The average molecular weight is 312 g/mol. The van der Waals surface area contributed by atoms with Crippen molar-refractivity contribution in [2.45, 2.75) is 38.6 Å². The van der Waals surface area contributed by atoms with Crippen molar-refractivity contribution >= 4 is 27.6 Å². The molecule has 0 aliphatic heterocycles. The highest BCUT2D eigenvalue weighted by Gasteiger charge is 2.54. The quantitative estimate of drug-likeness (QED) is 0.890. The average Bonchev–Trinajstić information content (AvgIpc) is 2.58. The van der Waals surface area contributed by atoms with Crippen LogP contribution in [0.25, 0.3) is 0 Å². The number of carboxylic acids is 1. The molecule has 0 radical (unpaired) electrons. The van der Waals surface area contributed by atoms with Crippen molar-refractivity contribution in [3.8, 4) is 0 Å². The van der Waals surface area contributed by atoms with Crippen LogP contribution in [0.5, 0.6) is 0 Å². The number of carbonyl (C=O) groups is 1. The van der Waals surface area contributed by atoms with Crippen LogP contribution in [-0.2, 0) is 4.79 Å². The van der Waals surface area contributed by atoms with E-state index in [1.807, 2.05) is 38.1 Å². The van der Waals surface area contributed by atoms with Crippen LogP contribution < -0.4 is 5.32 Å². The molecule has 1 aliphatic carbocycles. The Labute approximate surface area is 116 Å². The second-order valence-corrected chi connectivity index (χ2v) is 6.50. The predicted octanol–water partition coefficient (Wildman–Crippen LogP) is 3.89.